The fourth-order valence-corrected chi connectivity index (χ4v) is 6.34. The second-order valence-electron chi connectivity index (χ2n) is 14.4. The van der Waals surface area contributed by atoms with Gasteiger partial charge in [0.2, 0.25) is 35.4 Å². The molecule has 1 aromatic carbocycles. The first-order valence-corrected chi connectivity index (χ1v) is 18.4. The molecule has 2 aliphatic heterocycles. The van der Waals surface area contributed by atoms with Crippen LogP contribution in [0.4, 0.5) is 0 Å². The first-order chi connectivity index (χ1) is 25.1. The topological polar surface area (TPSA) is 250 Å². The summed E-state index contributed by atoms with van der Waals surface area (Å²) >= 11 is 0. The number of benzene rings is 1. The number of hydrogen-bond acceptors (Lipinski definition) is 10. The number of carbonyl (C=O) groups excluding carboxylic acids is 7. The summed E-state index contributed by atoms with van der Waals surface area (Å²) in [6, 6.07) is 1.13. The van der Waals surface area contributed by atoms with E-state index in [1.807, 2.05) is 38.1 Å². The molecule has 292 valence electrons. The number of para-hydroxylation sites is 1. The van der Waals surface area contributed by atoms with Crippen molar-refractivity contribution in [3.05, 3.63) is 34.8 Å². The van der Waals surface area contributed by atoms with Crippen LogP contribution in [0, 0.1) is 11.8 Å². The van der Waals surface area contributed by atoms with Gasteiger partial charge in [-0.3, -0.25) is 33.8 Å². The molecule has 0 bridgehead atoms. The lowest BCUT2D eigenvalue weighted by molar-refractivity contribution is -0.137. The summed E-state index contributed by atoms with van der Waals surface area (Å²) in [6.45, 7) is 9.58. The Morgan fingerprint density at radius 2 is 1.58 bits per heavy atom. The van der Waals surface area contributed by atoms with E-state index >= 15 is 0 Å². The van der Waals surface area contributed by atoms with Gasteiger partial charge < -0.3 is 47.5 Å². The average Bonchev–Trinajstić information content (AvgIpc) is 3.80. The zero-order valence-electron chi connectivity index (χ0n) is 31.3. The highest BCUT2D eigenvalue weighted by Crippen LogP contribution is 2.13. The third-order valence-electron chi connectivity index (χ3n) is 9.57. The van der Waals surface area contributed by atoms with E-state index in [9.17, 15) is 38.7 Å². The van der Waals surface area contributed by atoms with Crippen LogP contribution in [-0.4, -0.2) is 102 Å². The molecule has 53 heavy (non-hydrogen) atoms. The van der Waals surface area contributed by atoms with Gasteiger partial charge in [-0.05, 0) is 69.0 Å². The zero-order valence-corrected chi connectivity index (χ0v) is 31.3. The standard InChI is InChI=1S/C37H56N8O8/c1-6-21(4)31(44-34(50)28(13-14-30(38)48)42-33(49)27-12-9-15-39-27)36(52)45-32(22(5)47)37(53)43-29(16-20(2)3)35(51)41-24(19-46)17-23-18-40-26-11-8-7-10-25(23)26/h7-8,10-11,19-22,24,27-29,31-32,39,47H,6,9,12-18H2,1-5H3,(H2,38,48)(H,41,51)(H,42,49)(H,43,53)(H,44,50)(H,45,52)/t21-,22+,24-,27-,28-,29-,31-,32-/m0/s1. The highest BCUT2D eigenvalue weighted by Gasteiger charge is 2.36. The summed E-state index contributed by atoms with van der Waals surface area (Å²) in [7, 11) is 0. The molecule has 0 radical (unpaired) electrons. The van der Waals surface area contributed by atoms with Crippen LogP contribution < -0.4 is 48.2 Å². The smallest absolute Gasteiger partial charge is 0.245 e. The maximum absolute atomic E-state index is 13.7. The van der Waals surface area contributed by atoms with Crippen LogP contribution in [0.2, 0.25) is 0 Å². The Balaban J connectivity index is 1.73. The number of fused-ring (bicyclic) bond motifs is 1. The van der Waals surface area contributed by atoms with Crippen molar-refractivity contribution in [1.82, 2.24) is 31.9 Å². The molecular formula is C37H56N8O8. The van der Waals surface area contributed by atoms with E-state index in [4.69, 9.17) is 5.73 Å². The molecule has 0 aromatic heterocycles. The minimum Gasteiger partial charge on any atom is -0.391 e. The number of aldehydes is 1. The molecular weight excluding hydrogens is 684 g/mol. The van der Waals surface area contributed by atoms with Gasteiger partial charge >= 0.3 is 0 Å². The first-order valence-electron chi connectivity index (χ1n) is 18.4. The first kappa shape index (κ1) is 42.7. The van der Waals surface area contributed by atoms with Gasteiger partial charge in [-0.15, -0.1) is 0 Å². The third-order valence-corrected chi connectivity index (χ3v) is 9.57. The van der Waals surface area contributed by atoms with Gasteiger partial charge in [-0.2, -0.15) is 0 Å². The molecule has 9 N–H and O–H groups in total. The number of rotatable bonds is 21. The van der Waals surface area contributed by atoms with Crippen molar-refractivity contribution in [2.75, 3.05) is 13.1 Å². The lowest BCUT2D eigenvalue weighted by atomic mass is 9.96. The number of aliphatic hydroxyl groups is 1. The average molecular weight is 741 g/mol. The molecule has 8 atom stereocenters. The molecule has 1 aromatic rings. The molecule has 16 heteroatoms. The van der Waals surface area contributed by atoms with Crippen molar-refractivity contribution in [2.24, 2.45) is 22.6 Å². The molecule has 3 rings (SSSR count). The maximum Gasteiger partial charge on any atom is 0.245 e. The lowest BCUT2D eigenvalue weighted by Gasteiger charge is -2.30. The number of hydrogen-bond donors (Lipinski definition) is 8. The number of aliphatic hydroxyl groups excluding tert-OH is 1. The molecule has 1 saturated heterocycles. The molecule has 0 saturated carbocycles. The summed E-state index contributed by atoms with van der Waals surface area (Å²) in [6.07, 6.45) is 1.16. The Bertz CT molecular complexity index is 1610. The van der Waals surface area contributed by atoms with Crippen molar-refractivity contribution in [3.63, 3.8) is 0 Å². The number of nitrogens with two attached hydrogens (primary N) is 1. The van der Waals surface area contributed by atoms with Crippen molar-refractivity contribution >= 4 is 47.3 Å². The van der Waals surface area contributed by atoms with Crippen LogP contribution in [0.15, 0.2) is 29.3 Å². The van der Waals surface area contributed by atoms with Crippen LogP contribution in [0.3, 0.4) is 0 Å². The second kappa shape index (κ2) is 20.5. The molecule has 0 spiro atoms. The zero-order chi connectivity index (χ0) is 39.2. The molecule has 0 unspecified atom stereocenters. The van der Waals surface area contributed by atoms with E-state index in [1.54, 1.807) is 13.8 Å². The van der Waals surface area contributed by atoms with Crippen molar-refractivity contribution in [2.45, 2.75) is 122 Å². The van der Waals surface area contributed by atoms with Gasteiger partial charge in [0.25, 0.3) is 0 Å². The number of primary amides is 1. The molecule has 6 amide bonds. The highest BCUT2D eigenvalue weighted by molar-refractivity contribution is 5.96. The van der Waals surface area contributed by atoms with Crippen LogP contribution in [0.25, 0.3) is 5.57 Å². The maximum atomic E-state index is 13.7. The molecule has 2 aliphatic rings. The normalized spacial score (nSPS) is 18.9. The van der Waals surface area contributed by atoms with Gasteiger partial charge in [-0.25, -0.2) is 0 Å². The van der Waals surface area contributed by atoms with Gasteiger partial charge in [0.05, 0.1) is 30.1 Å². The summed E-state index contributed by atoms with van der Waals surface area (Å²) < 4.78 is 0. The summed E-state index contributed by atoms with van der Waals surface area (Å²) in [5.41, 5.74) is 6.21. The van der Waals surface area contributed by atoms with Crippen LogP contribution in [-0.2, 0) is 33.6 Å². The Morgan fingerprint density at radius 1 is 0.925 bits per heavy atom. The van der Waals surface area contributed by atoms with E-state index in [0.29, 0.717) is 32.2 Å². The van der Waals surface area contributed by atoms with Gasteiger partial charge in [0, 0.05) is 11.6 Å². The number of carbonyl (C=O) groups is 7. The van der Waals surface area contributed by atoms with Crippen LogP contribution >= 0.6 is 0 Å². The Kier molecular flexibility index (Phi) is 16.5. The van der Waals surface area contributed by atoms with Crippen molar-refractivity contribution < 1.29 is 38.7 Å². The highest BCUT2D eigenvalue weighted by atomic mass is 16.3. The minimum atomic E-state index is -1.53. The monoisotopic (exact) mass is 740 g/mol. The van der Waals surface area contributed by atoms with E-state index in [-0.39, 0.29) is 31.6 Å². The van der Waals surface area contributed by atoms with Crippen molar-refractivity contribution in [1.29, 1.82) is 0 Å². The SMILES string of the molecule is CC[C@H](C)[C@H](NC(=O)[C@H](CCC(N)=O)NC(=O)[C@@H]1CCCN1)C(=O)N[C@H](C(=O)N[C@@H](CC(C)C)C(=O)N[C@H](C=O)CC1=c2ccccc2=NC1)[C@@H](C)O. The van der Waals surface area contributed by atoms with E-state index in [2.05, 4.69) is 36.9 Å². The molecule has 2 heterocycles. The van der Waals surface area contributed by atoms with Gasteiger partial charge in [0.1, 0.15) is 30.5 Å². The van der Waals surface area contributed by atoms with E-state index < -0.39 is 83.7 Å². The fraction of sp³-hybridized carbons (Fsp3) is 0.622. The van der Waals surface area contributed by atoms with Gasteiger partial charge in [0.15, 0.2) is 0 Å². The quantitative estimate of drug-likeness (QED) is 0.0647. The number of nitrogens with one attached hydrogen (secondary N) is 6. The Morgan fingerprint density at radius 3 is 2.19 bits per heavy atom. The summed E-state index contributed by atoms with van der Waals surface area (Å²) in [5.74, 6) is -4.56. The van der Waals surface area contributed by atoms with Crippen molar-refractivity contribution in [3.8, 4) is 0 Å². The summed E-state index contributed by atoms with van der Waals surface area (Å²) in [5, 5.41) is 28.6. The van der Waals surface area contributed by atoms with E-state index in [1.165, 1.54) is 6.92 Å². The van der Waals surface area contributed by atoms with Gasteiger partial charge in [-0.1, -0.05) is 52.3 Å². The third kappa shape index (κ3) is 12.7. The molecule has 16 nitrogen and oxygen atoms in total. The fourth-order valence-electron chi connectivity index (χ4n) is 6.34. The Hall–Kier alpha value is -4.70. The van der Waals surface area contributed by atoms with Crippen LogP contribution in [0.1, 0.15) is 79.6 Å². The predicted molar refractivity (Wildman–Crippen MR) is 196 cm³/mol. The van der Waals surface area contributed by atoms with Crippen LogP contribution in [0.5, 0.6) is 0 Å². The predicted octanol–water partition coefficient (Wildman–Crippen LogP) is -2.03. The summed E-state index contributed by atoms with van der Waals surface area (Å²) in [4.78, 5) is 95.3. The van der Waals surface area contributed by atoms with E-state index in [0.717, 1.165) is 22.6 Å². The number of amides is 6. The molecule has 0 aliphatic carbocycles. The number of nitrogens with zero attached hydrogens (tertiary/aromatic N) is 1. The lowest BCUT2D eigenvalue weighted by Crippen LogP contribution is -2.62. The second-order valence-corrected chi connectivity index (χ2v) is 14.4. The molecule has 1 fully saturated rings. The largest absolute Gasteiger partial charge is 0.391 e. The minimum absolute atomic E-state index is 0.0624. The Labute approximate surface area is 310 Å².